The summed E-state index contributed by atoms with van der Waals surface area (Å²) in [6.45, 7) is 2.37. The molecule has 0 saturated carbocycles. The molecule has 0 radical (unpaired) electrons. The van der Waals surface area contributed by atoms with Crippen LogP contribution in [0.1, 0.15) is 17.3 Å². The molecule has 2 heterocycles. The van der Waals surface area contributed by atoms with Gasteiger partial charge in [0.2, 0.25) is 0 Å². The number of methoxy groups -OCH3 is 1. The van der Waals surface area contributed by atoms with Crippen LogP contribution in [0.4, 0.5) is 5.13 Å². The van der Waals surface area contributed by atoms with Gasteiger partial charge in [-0.3, -0.25) is 15.1 Å². The van der Waals surface area contributed by atoms with E-state index >= 15 is 0 Å². The minimum absolute atomic E-state index is 0.254. The second kappa shape index (κ2) is 7.76. The Morgan fingerprint density at radius 3 is 2.88 bits per heavy atom. The van der Waals surface area contributed by atoms with Crippen molar-refractivity contribution in [3.8, 4) is 22.8 Å². The van der Waals surface area contributed by atoms with Gasteiger partial charge in [0, 0.05) is 28.9 Å². The summed E-state index contributed by atoms with van der Waals surface area (Å²) < 4.78 is 10.7. The predicted octanol–water partition coefficient (Wildman–Crippen LogP) is 3.86. The Hall–Kier alpha value is -2.93. The Labute approximate surface area is 149 Å². The normalized spacial score (nSPS) is 10.3. The number of thiazole rings is 1. The molecule has 0 aliphatic heterocycles. The largest absolute Gasteiger partial charge is 0.493 e. The number of carbonyl (C=O) groups excluding carboxylic acids is 1. The molecule has 7 heteroatoms. The summed E-state index contributed by atoms with van der Waals surface area (Å²) in [6, 6.07) is 8.83. The molecule has 1 N–H and O–H groups in total. The average Bonchev–Trinajstić information content (AvgIpc) is 3.11. The van der Waals surface area contributed by atoms with Gasteiger partial charge < -0.3 is 9.47 Å². The fourth-order valence-electron chi connectivity index (χ4n) is 2.23. The van der Waals surface area contributed by atoms with E-state index in [9.17, 15) is 4.79 Å². The van der Waals surface area contributed by atoms with Gasteiger partial charge in [0.05, 0.1) is 19.4 Å². The van der Waals surface area contributed by atoms with Gasteiger partial charge in [-0.2, -0.15) is 0 Å². The molecule has 1 aromatic carbocycles. The van der Waals surface area contributed by atoms with Gasteiger partial charge in [-0.15, -0.1) is 11.3 Å². The fraction of sp³-hybridized carbons (Fsp3) is 0.167. The molecule has 0 atom stereocenters. The fourth-order valence-corrected chi connectivity index (χ4v) is 2.95. The summed E-state index contributed by atoms with van der Waals surface area (Å²) in [6.07, 6.45) is 3.44. The highest BCUT2D eigenvalue weighted by molar-refractivity contribution is 7.14. The van der Waals surface area contributed by atoms with Crippen LogP contribution in [0.15, 0.2) is 48.1 Å². The van der Waals surface area contributed by atoms with E-state index in [0.29, 0.717) is 28.8 Å². The highest BCUT2D eigenvalue weighted by Crippen LogP contribution is 2.29. The highest BCUT2D eigenvalue weighted by atomic mass is 32.1. The molecule has 0 unspecified atom stereocenters. The number of nitrogens with zero attached hydrogens (tertiary/aromatic N) is 2. The maximum Gasteiger partial charge on any atom is 0.257 e. The number of rotatable bonds is 6. The van der Waals surface area contributed by atoms with Gasteiger partial charge in [0.1, 0.15) is 0 Å². The Morgan fingerprint density at radius 2 is 2.16 bits per heavy atom. The molecule has 6 nitrogen and oxygen atoms in total. The standard InChI is InChI=1S/C18H17N3O3S/c1-3-24-16-9-12(6-7-15(16)23-2)17(22)21-18-20-14(11-25-18)13-5-4-8-19-10-13/h4-11H,3H2,1-2H3,(H,20,21,22). The molecule has 0 spiro atoms. The zero-order chi connectivity index (χ0) is 17.6. The number of hydrogen-bond donors (Lipinski definition) is 1. The van der Waals surface area contributed by atoms with E-state index in [1.165, 1.54) is 11.3 Å². The molecule has 0 bridgehead atoms. The van der Waals surface area contributed by atoms with E-state index in [0.717, 1.165) is 11.3 Å². The molecule has 2 aromatic heterocycles. The Morgan fingerprint density at radius 1 is 1.28 bits per heavy atom. The van der Waals surface area contributed by atoms with Crippen LogP contribution >= 0.6 is 11.3 Å². The van der Waals surface area contributed by atoms with E-state index < -0.39 is 0 Å². The van der Waals surface area contributed by atoms with E-state index in [1.54, 1.807) is 37.7 Å². The first-order valence-electron chi connectivity index (χ1n) is 7.69. The van der Waals surface area contributed by atoms with Gasteiger partial charge in [-0.1, -0.05) is 0 Å². The number of hydrogen-bond acceptors (Lipinski definition) is 6. The lowest BCUT2D eigenvalue weighted by atomic mass is 10.2. The lowest BCUT2D eigenvalue weighted by Gasteiger charge is -2.10. The third-order valence-electron chi connectivity index (χ3n) is 3.41. The number of aromatic nitrogens is 2. The summed E-state index contributed by atoms with van der Waals surface area (Å²) in [4.78, 5) is 21.0. The van der Waals surface area contributed by atoms with Crippen LogP contribution in [0, 0.1) is 0 Å². The van der Waals surface area contributed by atoms with Crippen LogP contribution in [0.25, 0.3) is 11.3 Å². The van der Waals surface area contributed by atoms with Crippen molar-refractivity contribution in [2.75, 3.05) is 19.0 Å². The number of carbonyl (C=O) groups is 1. The van der Waals surface area contributed by atoms with Crippen molar-refractivity contribution in [2.45, 2.75) is 6.92 Å². The molecule has 3 rings (SSSR count). The monoisotopic (exact) mass is 355 g/mol. The maximum absolute atomic E-state index is 12.5. The van der Waals surface area contributed by atoms with Crippen LogP contribution < -0.4 is 14.8 Å². The maximum atomic E-state index is 12.5. The third-order valence-corrected chi connectivity index (χ3v) is 4.17. The van der Waals surface area contributed by atoms with Crippen molar-refractivity contribution in [1.29, 1.82) is 0 Å². The van der Waals surface area contributed by atoms with Gasteiger partial charge in [-0.25, -0.2) is 4.98 Å². The van der Waals surface area contributed by atoms with Crippen molar-refractivity contribution in [3.05, 3.63) is 53.7 Å². The van der Waals surface area contributed by atoms with Crippen LogP contribution in [0.2, 0.25) is 0 Å². The molecule has 25 heavy (non-hydrogen) atoms. The minimum atomic E-state index is -0.254. The molecule has 0 aliphatic rings. The highest BCUT2D eigenvalue weighted by Gasteiger charge is 2.13. The minimum Gasteiger partial charge on any atom is -0.493 e. The van der Waals surface area contributed by atoms with E-state index in [-0.39, 0.29) is 5.91 Å². The van der Waals surface area contributed by atoms with Crippen molar-refractivity contribution < 1.29 is 14.3 Å². The van der Waals surface area contributed by atoms with E-state index in [1.807, 2.05) is 24.4 Å². The van der Waals surface area contributed by atoms with E-state index in [4.69, 9.17) is 9.47 Å². The lowest BCUT2D eigenvalue weighted by molar-refractivity contribution is 0.102. The molecule has 0 aliphatic carbocycles. The molecule has 128 valence electrons. The smallest absolute Gasteiger partial charge is 0.257 e. The summed E-state index contributed by atoms with van der Waals surface area (Å²) in [5.74, 6) is 0.870. The Balaban J connectivity index is 1.76. The van der Waals surface area contributed by atoms with Crippen LogP contribution in [0.3, 0.4) is 0 Å². The first-order valence-corrected chi connectivity index (χ1v) is 8.57. The molecular weight excluding hydrogens is 338 g/mol. The number of anilines is 1. The Bertz CT molecular complexity index is 865. The van der Waals surface area contributed by atoms with Crippen molar-refractivity contribution in [2.24, 2.45) is 0 Å². The SMILES string of the molecule is CCOc1cc(C(=O)Nc2nc(-c3cccnc3)cs2)ccc1OC. The molecule has 0 saturated heterocycles. The Kier molecular flexibility index (Phi) is 5.25. The number of ether oxygens (including phenoxy) is 2. The summed E-state index contributed by atoms with van der Waals surface area (Å²) >= 11 is 1.36. The molecular formula is C18H17N3O3S. The van der Waals surface area contributed by atoms with E-state index in [2.05, 4.69) is 15.3 Å². The summed E-state index contributed by atoms with van der Waals surface area (Å²) in [5, 5.41) is 5.21. The molecule has 1 amide bonds. The number of benzene rings is 1. The van der Waals surface area contributed by atoms with Gasteiger partial charge in [-0.05, 0) is 37.3 Å². The first-order chi connectivity index (χ1) is 12.2. The predicted molar refractivity (Wildman–Crippen MR) is 97.5 cm³/mol. The number of pyridine rings is 1. The van der Waals surface area contributed by atoms with Crippen LogP contribution in [0.5, 0.6) is 11.5 Å². The van der Waals surface area contributed by atoms with Crippen molar-refractivity contribution in [1.82, 2.24) is 9.97 Å². The number of amides is 1. The summed E-state index contributed by atoms with van der Waals surface area (Å²) in [5.41, 5.74) is 2.16. The van der Waals surface area contributed by atoms with Crippen molar-refractivity contribution >= 4 is 22.4 Å². The van der Waals surface area contributed by atoms with Crippen LogP contribution in [-0.2, 0) is 0 Å². The third kappa shape index (κ3) is 3.95. The van der Waals surface area contributed by atoms with Gasteiger partial charge in [0.25, 0.3) is 5.91 Å². The molecule has 3 aromatic rings. The second-order valence-corrected chi connectivity index (χ2v) is 5.89. The number of nitrogens with one attached hydrogen (secondary N) is 1. The zero-order valence-electron chi connectivity index (χ0n) is 13.9. The zero-order valence-corrected chi connectivity index (χ0v) is 14.7. The first kappa shape index (κ1) is 16.9. The van der Waals surface area contributed by atoms with Gasteiger partial charge in [0.15, 0.2) is 16.6 Å². The second-order valence-electron chi connectivity index (χ2n) is 5.03. The summed E-state index contributed by atoms with van der Waals surface area (Å²) in [7, 11) is 1.56. The quantitative estimate of drug-likeness (QED) is 0.727. The molecule has 0 fully saturated rings. The van der Waals surface area contributed by atoms with Crippen LogP contribution in [-0.4, -0.2) is 29.6 Å². The van der Waals surface area contributed by atoms with Crippen molar-refractivity contribution in [3.63, 3.8) is 0 Å². The topological polar surface area (TPSA) is 73.3 Å². The van der Waals surface area contributed by atoms with Gasteiger partial charge >= 0.3 is 0 Å². The average molecular weight is 355 g/mol. The lowest BCUT2D eigenvalue weighted by Crippen LogP contribution is -2.12.